The Bertz CT molecular complexity index is 1050. The quantitative estimate of drug-likeness (QED) is 0.584. The Kier molecular flexibility index (Phi) is 6.16. The van der Waals surface area contributed by atoms with Crippen molar-refractivity contribution in [3.63, 3.8) is 0 Å². The standard InChI is InChI=1S/C21H21N3O4S/c1-22-29(26,27)20-15-16(13-14-19(20)28-2)21(25)23-24(17-9-5-3-6-10-17)18-11-7-4-8-12-18/h3-15,22H,1-2H3,(H,23,25). The van der Waals surface area contributed by atoms with Crippen molar-refractivity contribution in [1.29, 1.82) is 0 Å². The fourth-order valence-electron chi connectivity index (χ4n) is 2.74. The van der Waals surface area contributed by atoms with Gasteiger partial charge in [0.05, 0.1) is 18.5 Å². The predicted molar refractivity (Wildman–Crippen MR) is 112 cm³/mol. The number of carbonyl (C=O) groups excluding carboxylic acids is 1. The van der Waals surface area contributed by atoms with Gasteiger partial charge in [-0.05, 0) is 49.5 Å². The summed E-state index contributed by atoms with van der Waals surface area (Å²) in [5.41, 5.74) is 4.52. The molecule has 0 aliphatic heterocycles. The number of para-hydroxylation sites is 2. The number of benzene rings is 3. The lowest BCUT2D eigenvalue weighted by Gasteiger charge is -2.25. The Morgan fingerprint density at radius 2 is 1.45 bits per heavy atom. The van der Waals surface area contributed by atoms with Gasteiger partial charge in [-0.3, -0.25) is 15.2 Å². The maximum atomic E-state index is 13.0. The SMILES string of the molecule is CNS(=O)(=O)c1cc(C(=O)NN(c2ccccc2)c2ccccc2)ccc1OC. The van der Waals surface area contributed by atoms with E-state index < -0.39 is 15.9 Å². The summed E-state index contributed by atoms with van der Waals surface area (Å²) in [6.07, 6.45) is 0. The molecule has 0 radical (unpaired) electrons. The zero-order valence-corrected chi connectivity index (χ0v) is 16.8. The van der Waals surface area contributed by atoms with Gasteiger partial charge in [0.25, 0.3) is 5.91 Å². The number of hydrazine groups is 1. The number of sulfonamides is 1. The summed E-state index contributed by atoms with van der Waals surface area (Å²) in [5, 5.41) is 1.64. The average molecular weight is 411 g/mol. The van der Waals surface area contributed by atoms with Crippen molar-refractivity contribution in [3.8, 4) is 5.75 Å². The smallest absolute Gasteiger partial charge is 0.270 e. The van der Waals surface area contributed by atoms with Gasteiger partial charge in [-0.15, -0.1) is 0 Å². The second kappa shape index (κ2) is 8.76. The number of nitrogens with zero attached hydrogens (tertiary/aromatic N) is 1. The molecule has 8 heteroatoms. The predicted octanol–water partition coefficient (Wildman–Crippen LogP) is 3.09. The number of ether oxygens (including phenoxy) is 1. The monoisotopic (exact) mass is 411 g/mol. The van der Waals surface area contributed by atoms with Gasteiger partial charge in [0, 0.05) is 5.56 Å². The first-order valence-corrected chi connectivity index (χ1v) is 10.3. The van der Waals surface area contributed by atoms with Gasteiger partial charge in [-0.25, -0.2) is 13.1 Å². The largest absolute Gasteiger partial charge is 0.495 e. The fourth-order valence-corrected chi connectivity index (χ4v) is 3.65. The number of rotatable bonds is 7. The van der Waals surface area contributed by atoms with E-state index in [1.165, 1.54) is 32.4 Å². The molecule has 0 fully saturated rings. The summed E-state index contributed by atoms with van der Waals surface area (Å²) >= 11 is 0. The van der Waals surface area contributed by atoms with Crippen LogP contribution < -0.4 is 19.9 Å². The normalized spacial score (nSPS) is 11.0. The van der Waals surface area contributed by atoms with Crippen LogP contribution in [-0.2, 0) is 10.0 Å². The van der Waals surface area contributed by atoms with Gasteiger partial charge in [-0.2, -0.15) is 0 Å². The molecule has 29 heavy (non-hydrogen) atoms. The molecule has 0 spiro atoms. The minimum absolute atomic E-state index is 0.110. The van der Waals surface area contributed by atoms with Crippen molar-refractivity contribution in [2.45, 2.75) is 4.90 Å². The average Bonchev–Trinajstić information content (AvgIpc) is 2.78. The molecular weight excluding hydrogens is 390 g/mol. The Balaban J connectivity index is 1.98. The number of amides is 1. The van der Waals surface area contributed by atoms with Crippen molar-refractivity contribution < 1.29 is 17.9 Å². The van der Waals surface area contributed by atoms with E-state index in [4.69, 9.17) is 4.74 Å². The third-order valence-corrected chi connectivity index (χ3v) is 5.66. The topological polar surface area (TPSA) is 87.7 Å². The van der Waals surface area contributed by atoms with Gasteiger partial charge in [0.1, 0.15) is 10.6 Å². The van der Waals surface area contributed by atoms with Crippen LogP contribution >= 0.6 is 0 Å². The lowest BCUT2D eigenvalue weighted by Crippen LogP contribution is -2.39. The zero-order valence-electron chi connectivity index (χ0n) is 16.0. The van der Waals surface area contributed by atoms with E-state index in [0.717, 1.165) is 11.4 Å². The van der Waals surface area contributed by atoms with Crippen LogP contribution in [-0.4, -0.2) is 28.5 Å². The Morgan fingerprint density at radius 1 is 0.897 bits per heavy atom. The van der Waals surface area contributed by atoms with Gasteiger partial charge >= 0.3 is 0 Å². The number of methoxy groups -OCH3 is 1. The molecule has 0 heterocycles. The zero-order chi connectivity index (χ0) is 20.9. The van der Waals surface area contributed by atoms with Crippen molar-refractivity contribution in [1.82, 2.24) is 10.1 Å². The first kappa shape index (κ1) is 20.4. The van der Waals surface area contributed by atoms with E-state index in [1.54, 1.807) is 5.01 Å². The van der Waals surface area contributed by atoms with Crippen molar-refractivity contribution in [3.05, 3.63) is 84.4 Å². The van der Waals surface area contributed by atoms with Gasteiger partial charge in [0.15, 0.2) is 0 Å². The molecule has 0 unspecified atom stereocenters. The molecule has 0 aliphatic carbocycles. The van der Waals surface area contributed by atoms with E-state index in [2.05, 4.69) is 10.1 Å². The van der Waals surface area contributed by atoms with E-state index in [1.807, 2.05) is 60.7 Å². The number of anilines is 2. The Hall–Kier alpha value is -3.36. The van der Waals surface area contributed by atoms with Gasteiger partial charge in [-0.1, -0.05) is 36.4 Å². The van der Waals surface area contributed by atoms with Crippen LogP contribution in [0.3, 0.4) is 0 Å². The van der Waals surface area contributed by atoms with E-state index in [9.17, 15) is 13.2 Å². The second-order valence-electron chi connectivity index (χ2n) is 6.02. The molecule has 0 aliphatic rings. The maximum absolute atomic E-state index is 13.0. The van der Waals surface area contributed by atoms with Crippen LogP contribution in [0.25, 0.3) is 0 Å². The molecule has 0 atom stereocenters. The summed E-state index contributed by atoms with van der Waals surface area (Å²) in [7, 11) is -1.13. The molecule has 0 aromatic heterocycles. The van der Waals surface area contributed by atoms with E-state index >= 15 is 0 Å². The van der Waals surface area contributed by atoms with Crippen LogP contribution in [0.2, 0.25) is 0 Å². The van der Waals surface area contributed by atoms with Crippen molar-refractivity contribution in [2.24, 2.45) is 0 Å². The van der Waals surface area contributed by atoms with Crippen LogP contribution in [0.5, 0.6) is 5.75 Å². The van der Waals surface area contributed by atoms with Crippen LogP contribution in [0.1, 0.15) is 10.4 Å². The third-order valence-electron chi connectivity index (χ3n) is 4.23. The molecule has 3 aromatic carbocycles. The first-order valence-electron chi connectivity index (χ1n) is 8.79. The molecule has 0 saturated carbocycles. The van der Waals surface area contributed by atoms with E-state index in [0.29, 0.717) is 0 Å². The molecule has 0 bridgehead atoms. The molecule has 150 valence electrons. The summed E-state index contributed by atoms with van der Waals surface area (Å²) in [5.74, 6) is -0.313. The minimum atomic E-state index is -3.80. The molecular formula is C21H21N3O4S. The lowest BCUT2D eigenvalue weighted by molar-refractivity contribution is 0.0953. The first-order chi connectivity index (χ1) is 14.0. The lowest BCUT2D eigenvalue weighted by atomic mass is 10.2. The number of carbonyl (C=O) groups is 1. The number of nitrogens with one attached hydrogen (secondary N) is 2. The summed E-state index contributed by atoms with van der Waals surface area (Å²) < 4.78 is 31.9. The third kappa shape index (κ3) is 4.56. The molecule has 0 saturated heterocycles. The second-order valence-corrected chi connectivity index (χ2v) is 7.88. The maximum Gasteiger partial charge on any atom is 0.270 e. The molecule has 3 aromatic rings. The minimum Gasteiger partial charge on any atom is -0.495 e. The van der Waals surface area contributed by atoms with Crippen molar-refractivity contribution >= 4 is 27.3 Å². The van der Waals surface area contributed by atoms with Crippen LogP contribution in [0.4, 0.5) is 11.4 Å². The number of hydrogen-bond acceptors (Lipinski definition) is 5. The molecule has 7 nitrogen and oxygen atoms in total. The number of hydrogen-bond donors (Lipinski definition) is 2. The van der Waals surface area contributed by atoms with Crippen molar-refractivity contribution in [2.75, 3.05) is 19.2 Å². The highest BCUT2D eigenvalue weighted by molar-refractivity contribution is 7.89. The summed E-state index contributed by atoms with van der Waals surface area (Å²) in [6, 6.07) is 22.9. The highest BCUT2D eigenvalue weighted by Gasteiger charge is 2.21. The van der Waals surface area contributed by atoms with Gasteiger partial charge in [0.2, 0.25) is 10.0 Å². The summed E-state index contributed by atoms with van der Waals surface area (Å²) in [4.78, 5) is 12.8. The van der Waals surface area contributed by atoms with Gasteiger partial charge < -0.3 is 4.74 Å². The van der Waals surface area contributed by atoms with Crippen LogP contribution in [0.15, 0.2) is 83.8 Å². The fraction of sp³-hybridized carbons (Fsp3) is 0.0952. The Labute approximate surface area is 170 Å². The Morgan fingerprint density at radius 3 is 1.93 bits per heavy atom. The highest BCUT2D eigenvalue weighted by atomic mass is 32.2. The summed E-state index contributed by atoms with van der Waals surface area (Å²) in [6.45, 7) is 0. The van der Waals surface area contributed by atoms with Crippen LogP contribution in [0, 0.1) is 0 Å². The highest BCUT2D eigenvalue weighted by Crippen LogP contribution is 2.26. The molecule has 1 amide bonds. The van der Waals surface area contributed by atoms with E-state index in [-0.39, 0.29) is 16.2 Å². The molecule has 2 N–H and O–H groups in total. The molecule has 3 rings (SSSR count).